The number of amidine groups is 1. The maximum atomic E-state index is 12.5. The third-order valence-electron chi connectivity index (χ3n) is 4.20. The zero-order chi connectivity index (χ0) is 21.8. The average molecular weight is 447 g/mol. The summed E-state index contributed by atoms with van der Waals surface area (Å²) < 4.78 is 10.9. The lowest BCUT2D eigenvalue weighted by Gasteiger charge is -2.16. The standard InChI is InChI=1S/C21H19ClN2O5S/c1-11-7-8-14(22)10-15(11)23-21-24-19(25)17(30-21)9-13-5-4-6-16(28-3)18(13)29-12(2)20(26)27/h4-10,12H,1-3H3,(H,26,27)(H,23,24,25)/b17-9-/t12-/m1/s1. The molecule has 1 saturated heterocycles. The monoisotopic (exact) mass is 446 g/mol. The SMILES string of the molecule is COc1cccc(/C=C2\SC(=Nc3cc(Cl)ccc3C)NC2=O)c1O[C@H](C)C(=O)O. The number of carbonyl (C=O) groups is 2. The first kappa shape index (κ1) is 21.7. The summed E-state index contributed by atoms with van der Waals surface area (Å²) in [5.41, 5.74) is 2.10. The fraction of sp³-hybridized carbons (Fsp3) is 0.190. The number of nitrogens with one attached hydrogen (secondary N) is 1. The number of halogens is 1. The summed E-state index contributed by atoms with van der Waals surface area (Å²) >= 11 is 7.20. The smallest absolute Gasteiger partial charge is 0.344 e. The molecule has 1 amide bonds. The van der Waals surface area contributed by atoms with Crippen LogP contribution in [-0.2, 0) is 9.59 Å². The Hall–Kier alpha value is -2.97. The van der Waals surface area contributed by atoms with E-state index >= 15 is 0 Å². The first-order valence-corrected chi connectivity index (χ1v) is 10.1. The normalized spacial score (nSPS) is 17.1. The molecule has 3 rings (SSSR count). The lowest BCUT2D eigenvalue weighted by molar-refractivity contribution is -0.144. The van der Waals surface area contributed by atoms with Crippen molar-refractivity contribution in [3.63, 3.8) is 0 Å². The fourth-order valence-electron chi connectivity index (χ4n) is 2.59. The van der Waals surface area contributed by atoms with Crippen LogP contribution in [-0.4, -0.2) is 35.4 Å². The number of nitrogens with zero attached hydrogens (tertiary/aromatic N) is 1. The van der Waals surface area contributed by atoms with E-state index in [1.807, 2.05) is 13.0 Å². The lowest BCUT2D eigenvalue weighted by atomic mass is 10.1. The van der Waals surface area contributed by atoms with Gasteiger partial charge >= 0.3 is 5.97 Å². The van der Waals surface area contributed by atoms with Gasteiger partial charge in [-0.15, -0.1) is 0 Å². The Morgan fingerprint density at radius 1 is 1.33 bits per heavy atom. The first-order valence-electron chi connectivity index (χ1n) is 8.90. The number of benzene rings is 2. The molecule has 1 heterocycles. The Morgan fingerprint density at radius 2 is 2.10 bits per heavy atom. The molecule has 7 nitrogen and oxygen atoms in total. The number of para-hydroxylation sites is 1. The van der Waals surface area contributed by atoms with Crippen molar-refractivity contribution in [2.75, 3.05) is 7.11 Å². The molecule has 0 radical (unpaired) electrons. The molecular weight excluding hydrogens is 428 g/mol. The van der Waals surface area contributed by atoms with Gasteiger partial charge in [-0.25, -0.2) is 9.79 Å². The van der Waals surface area contributed by atoms with Crippen molar-refractivity contribution in [3.8, 4) is 11.5 Å². The van der Waals surface area contributed by atoms with E-state index < -0.39 is 12.1 Å². The second kappa shape index (κ2) is 9.23. The minimum atomic E-state index is -1.11. The van der Waals surface area contributed by atoms with Crippen LogP contribution in [0.15, 0.2) is 46.3 Å². The number of hydrogen-bond acceptors (Lipinski definition) is 6. The van der Waals surface area contributed by atoms with Crippen molar-refractivity contribution in [3.05, 3.63) is 57.5 Å². The van der Waals surface area contributed by atoms with Crippen LogP contribution in [0.3, 0.4) is 0 Å². The molecule has 0 unspecified atom stereocenters. The van der Waals surface area contributed by atoms with E-state index in [0.717, 1.165) is 5.56 Å². The topological polar surface area (TPSA) is 97.2 Å². The van der Waals surface area contributed by atoms with Crippen LogP contribution in [0, 0.1) is 6.92 Å². The number of rotatable bonds is 6. The van der Waals surface area contributed by atoms with Gasteiger partial charge in [0.15, 0.2) is 22.8 Å². The number of hydrogen-bond donors (Lipinski definition) is 2. The Kier molecular flexibility index (Phi) is 6.69. The Labute approximate surface area is 182 Å². The second-order valence-corrected chi connectivity index (χ2v) is 7.86. The van der Waals surface area contributed by atoms with Gasteiger partial charge in [-0.1, -0.05) is 29.8 Å². The summed E-state index contributed by atoms with van der Waals surface area (Å²) in [7, 11) is 1.46. The number of aryl methyl sites for hydroxylation is 1. The molecule has 2 aromatic rings. The van der Waals surface area contributed by atoms with Crippen molar-refractivity contribution in [2.45, 2.75) is 20.0 Å². The van der Waals surface area contributed by atoms with Crippen LogP contribution in [0.2, 0.25) is 5.02 Å². The summed E-state index contributed by atoms with van der Waals surface area (Å²) in [6.45, 7) is 3.32. The summed E-state index contributed by atoms with van der Waals surface area (Å²) in [5.74, 6) is -0.825. The van der Waals surface area contributed by atoms with Crippen molar-refractivity contribution in [2.24, 2.45) is 4.99 Å². The number of thioether (sulfide) groups is 1. The number of carboxylic acid groups (broad SMARTS) is 1. The van der Waals surface area contributed by atoms with E-state index in [4.69, 9.17) is 26.2 Å². The number of methoxy groups -OCH3 is 1. The van der Waals surface area contributed by atoms with E-state index in [1.165, 1.54) is 25.8 Å². The molecule has 0 saturated carbocycles. The van der Waals surface area contributed by atoms with E-state index in [0.29, 0.717) is 32.1 Å². The Morgan fingerprint density at radius 3 is 2.80 bits per heavy atom. The highest BCUT2D eigenvalue weighted by Gasteiger charge is 2.25. The predicted molar refractivity (Wildman–Crippen MR) is 118 cm³/mol. The van der Waals surface area contributed by atoms with Crippen LogP contribution in [0.1, 0.15) is 18.1 Å². The van der Waals surface area contributed by atoms with E-state index in [1.54, 1.807) is 36.4 Å². The zero-order valence-electron chi connectivity index (χ0n) is 16.4. The van der Waals surface area contributed by atoms with E-state index in [-0.39, 0.29) is 11.7 Å². The average Bonchev–Trinajstić information content (AvgIpc) is 3.04. The molecule has 1 aliphatic rings. The maximum Gasteiger partial charge on any atom is 0.344 e. The van der Waals surface area contributed by atoms with Gasteiger partial charge in [-0.2, -0.15) is 0 Å². The number of ether oxygens (including phenoxy) is 2. The first-order chi connectivity index (χ1) is 14.3. The lowest BCUT2D eigenvalue weighted by Crippen LogP contribution is -2.23. The zero-order valence-corrected chi connectivity index (χ0v) is 18.0. The fourth-order valence-corrected chi connectivity index (χ4v) is 3.59. The summed E-state index contributed by atoms with van der Waals surface area (Å²) in [4.78, 5) is 28.5. The third-order valence-corrected chi connectivity index (χ3v) is 5.35. The summed E-state index contributed by atoms with van der Waals surface area (Å²) in [5, 5.41) is 12.9. The summed E-state index contributed by atoms with van der Waals surface area (Å²) in [6, 6.07) is 10.4. The van der Waals surface area contributed by atoms with Crippen LogP contribution < -0.4 is 14.8 Å². The summed E-state index contributed by atoms with van der Waals surface area (Å²) in [6.07, 6.45) is 0.520. The van der Waals surface area contributed by atoms with Gasteiger partial charge in [0.05, 0.1) is 17.7 Å². The largest absolute Gasteiger partial charge is 0.493 e. The molecule has 1 fully saturated rings. The number of aliphatic imine (C=N–C) groups is 1. The molecule has 2 aromatic carbocycles. The second-order valence-electron chi connectivity index (χ2n) is 6.39. The van der Waals surface area contributed by atoms with E-state index in [9.17, 15) is 9.59 Å². The third kappa shape index (κ3) is 4.95. The van der Waals surface area contributed by atoms with Crippen LogP contribution in [0.5, 0.6) is 11.5 Å². The van der Waals surface area contributed by atoms with Gasteiger partial charge in [-0.05, 0) is 55.4 Å². The molecule has 0 aromatic heterocycles. The molecular formula is C21H19ClN2O5S. The minimum Gasteiger partial charge on any atom is -0.493 e. The molecule has 1 aliphatic heterocycles. The quantitative estimate of drug-likeness (QED) is 0.638. The molecule has 0 bridgehead atoms. The molecule has 0 spiro atoms. The number of carboxylic acids is 1. The van der Waals surface area contributed by atoms with Gasteiger partial charge in [0.25, 0.3) is 5.91 Å². The highest BCUT2D eigenvalue weighted by molar-refractivity contribution is 8.18. The predicted octanol–water partition coefficient (Wildman–Crippen LogP) is 4.40. The highest BCUT2D eigenvalue weighted by Crippen LogP contribution is 2.36. The van der Waals surface area contributed by atoms with Crippen LogP contribution in [0.4, 0.5) is 5.69 Å². The molecule has 9 heteroatoms. The van der Waals surface area contributed by atoms with Crippen molar-refractivity contribution < 1.29 is 24.2 Å². The molecule has 156 valence electrons. The van der Waals surface area contributed by atoms with Crippen molar-refractivity contribution in [1.82, 2.24) is 5.32 Å². The van der Waals surface area contributed by atoms with Gasteiger partial charge in [0.1, 0.15) is 0 Å². The minimum absolute atomic E-state index is 0.242. The number of carbonyl (C=O) groups excluding carboxylic acids is 1. The number of amides is 1. The van der Waals surface area contributed by atoms with Crippen LogP contribution >= 0.6 is 23.4 Å². The van der Waals surface area contributed by atoms with Crippen LogP contribution in [0.25, 0.3) is 6.08 Å². The maximum absolute atomic E-state index is 12.5. The molecule has 0 aliphatic carbocycles. The number of aliphatic carboxylic acids is 1. The van der Waals surface area contributed by atoms with Gasteiger partial charge in [0, 0.05) is 10.6 Å². The van der Waals surface area contributed by atoms with Gasteiger partial charge in [0.2, 0.25) is 0 Å². The molecule has 1 atom stereocenters. The van der Waals surface area contributed by atoms with Gasteiger partial charge < -0.3 is 19.9 Å². The Bertz CT molecular complexity index is 1070. The van der Waals surface area contributed by atoms with Gasteiger partial charge in [-0.3, -0.25) is 4.79 Å². The van der Waals surface area contributed by atoms with Crippen molar-refractivity contribution in [1.29, 1.82) is 0 Å². The van der Waals surface area contributed by atoms with E-state index in [2.05, 4.69) is 10.3 Å². The Balaban J connectivity index is 1.94. The van der Waals surface area contributed by atoms with Crippen molar-refractivity contribution >= 4 is 52.2 Å². The molecule has 2 N–H and O–H groups in total. The molecule has 30 heavy (non-hydrogen) atoms. The highest BCUT2D eigenvalue weighted by atomic mass is 35.5.